The van der Waals surface area contributed by atoms with Crippen molar-refractivity contribution < 1.29 is 41.4 Å². The number of benzene rings is 2. The Morgan fingerprint density at radius 2 is 1.06 bits per heavy atom. The Morgan fingerprint density at radius 3 is 1.46 bits per heavy atom. The second-order valence-corrected chi connectivity index (χ2v) is 19.5. The van der Waals surface area contributed by atoms with Gasteiger partial charge in [-0.25, -0.2) is 0 Å². The van der Waals surface area contributed by atoms with Gasteiger partial charge in [-0.1, -0.05) is 0 Å². The molecule has 4 atom stereocenters. The monoisotopic (exact) mass is 542 g/mol. The first-order valence-corrected chi connectivity index (χ1v) is 17.2. The fraction of sp³-hybridized carbons (Fsp3) is 0.500. The molecule has 3 heteroatoms. The van der Waals surface area contributed by atoms with Crippen LogP contribution in [0, 0.1) is 11.8 Å². The van der Waals surface area contributed by atoms with Gasteiger partial charge in [0.05, 0.1) is 0 Å². The molecular formula is C32H40Cl2Ti. The fourth-order valence-corrected chi connectivity index (χ4v) is 22.6. The van der Waals surface area contributed by atoms with Crippen molar-refractivity contribution in [2.24, 2.45) is 11.8 Å². The van der Waals surface area contributed by atoms with E-state index in [9.17, 15) is 0 Å². The van der Waals surface area contributed by atoms with E-state index < -0.39 is 16.6 Å². The number of hydrogen-bond donors (Lipinski definition) is 0. The van der Waals surface area contributed by atoms with Crippen LogP contribution in [0.5, 0.6) is 0 Å². The van der Waals surface area contributed by atoms with E-state index in [1.165, 1.54) is 38.5 Å². The van der Waals surface area contributed by atoms with Gasteiger partial charge in [-0.15, -0.1) is 0 Å². The van der Waals surface area contributed by atoms with E-state index in [1.807, 2.05) is 11.1 Å². The van der Waals surface area contributed by atoms with Crippen LogP contribution < -0.4 is 24.8 Å². The third kappa shape index (κ3) is 4.35. The van der Waals surface area contributed by atoms with Crippen molar-refractivity contribution in [1.82, 2.24) is 0 Å². The quantitative estimate of drug-likeness (QED) is 0.488. The average molecular weight is 543 g/mol. The summed E-state index contributed by atoms with van der Waals surface area (Å²) in [6, 6.07) is 19.0. The summed E-state index contributed by atoms with van der Waals surface area (Å²) in [6.45, 7) is 9.70. The van der Waals surface area contributed by atoms with E-state index in [0.29, 0.717) is 0 Å². The molecule has 1 saturated carbocycles. The molecule has 2 aromatic rings. The van der Waals surface area contributed by atoms with Crippen molar-refractivity contribution in [2.75, 3.05) is 0 Å². The van der Waals surface area contributed by atoms with Gasteiger partial charge in [0.1, 0.15) is 0 Å². The van der Waals surface area contributed by atoms with Crippen LogP contribution >= 0.6 is 0 Å². The van der Waals surface area contributed by atoms with Crippen LogP contribution in [0.4, 0.5) is 0 Å². The van der Waals surface area contributed by atoms with Gasteiger partial charge in [0.15, 0.2) is 0 Å². The maximum absolute atomic E-state index is 2.64. The van der Waals surface area contributed by atoms with Gasteiger partial charge in [0, 0.05) is 0 Å². The number of rotatable bonds is 6. The molecule has 2 aromatic carbocycles. The van der Waals surface area contributed by atoms with Gasteiger partial charge in [-0.3, -0.25) is 0 Å². The molecule has 2 fully saturated rings. The van der Waals surface area contributed by atoms with Crippen molar-refractivity contribution in [3.8, 4) is 0 Å². The number of fused-ring (bicyclic) bond motifs is 3. The normalized spacial score (nSPS) is 28.2. The van der Waals surface area contributed by atoms with Gasteiger partial charge in [0.2, 0.25) is 0 Å². The van der Waals surface area contributed by atoms with Gasteiger partial charge in [-0.2, -0.15) is 0 Å². The van der Waals surface area contributed by atoms with Gasteiger partial charge in [0.25, 0.3) is 0 Å². The molecule has 0 amide bonds. The van der Waals surface area contributed by atoms with Crippen LogP contribution in [0.25, 0.3) is 12.2 Å². The molecule has 0 nitrogen and oxygen atoms in total. The van der Waals surface area contributed by atoms with Crippen molar-refractivity contribution in [2.45, 2.75) is 83.1 Å². The Labute approximate surface area is 229 Å². The molecule has 1 saturated heterocycles. The molecule has 0 N–H and O–H groups in total. The van der Waals surface area contributed by atoms with Gasteiger partial charge < -0.3 is 24.8 Å². The van der Waals surface area contributed by atoms with Crippen LogP contribution in [0.1, 0.15) is 96.9 Å². The first kappa shape index (κ1) is 27.3. The molecule has 3 aliphatic carbocycles. The Hall–Kier alpha value is -0.786. The Balaban J connectivity index is 0.00000144. The predicted molar refractivity (Wildman–Crippen MR) is 139 cm³/mol. The van der Waals surface area contributed by atoms with Crippen LogP contribution in [-0.2, 0) is 16.6 Å². The molecular weight excluding hydrogens is 503 g/mol. The zero-order valence-corrected chi connectivity index (χ0v) is 24.8. The van der Waals surface area contributed by atoms with Crippen molar-refractivity contribution in [1.29, 1.82) is 0 Å². The van der Waals surface area contributed by atoms with Crippen molar-refractivity contribution >= 4 is 12.2 Å². The Kier molecular flexibility index (Phi) is 8.20. The molecule has 35 heavy (non-hydrogen) atoms. The molecule has 1 heterocycles. The maximum Gasteiger partial charge on any atom is -1.00 e. The van der Waals surface area contributed by atoms with E-state index in [2.05, 4.69) is 88.4 Å². The number of allylic oxidation sites excluding steroid dienone is 2. The van der Waals surface area contributed by atoms with Crippen LogP contribution in [0.15, 0.2) is 59.7 Å². The molecule has 4 unspecified atom stereocenters. The molecule has 0 aromatic heterocycles. The molecule has 0 bridgehead atoms. The smallest absolute Gasteiger partial charge is 1.00 e. The Morgan fingerprint density at radius 1 is 0.657 bits per heavy atom. The van der Waals surface area contributed by atoms with Crippen molar-refractivity contribution in [3.05, 3.63) is 81.9 Å². The Bertz CT molecular complexity index is 1040. The minimum absolute atomic E-state index is 0. The zero-order chi connectivity index (χ0) is 22.7. The molecule has 186 valence electrons. The summed E-state index contributed by atoms with van der Waals surface area (Å²) in [5.74, 6) is 1.46. The molecule has 1 aliphatic heterocycles. The second-order valence-electron chi connectivity index (χ2n) is 12.3. The first-order chi connectivity index (χ1) is 16.0. The van der Waals surface area contributed by atoms with E-state index in [0.717, 1.165) is 28.7 Å². The fourth-order valence-electron chi connectivity index (χ4n) is 8.49. The number of hydrogen-bond acceptors (Lipinski definition) is 0. The molecule has 6 rings (SSSR count). The minimum Gasteiger partial charge on any atom is -1.00 e. The minimum atomic E-state index is -2.40. The van der Waals surface area contributed by atoms with E-state index in [4.69, 9.17) is 0 Å². The standard InChI is InChI=1S/2C13H15.C6H10.2ClH.Ti/c2*1-10(2)7-11-8-12-5-3-4-6-13(12)9-11;1-2-4-6-5-3-1;;;/h2*3-6,8-10H,7H2,1-2H3;1-2H,3-6H2;2*1H;/q;;;;;+2/p-2. The topological polar surface area (TPSA) is 0 Å². The molecule has 0 spiro atoms. The third-order valence-corrected chi connectivity index (χ3v) is 20.1. The van der Waals surface area contributed by atoms with E-state index >= 15 is 0 Å². The first-order valence-electron chi connectivity index (χ1n) is 13.6. The zero-order valence-electron chi connectivity index (χ0n) is 21.7. The van der Waals surface area contributed by atoms with E-state index in [1.54, 1.807) is 22.3 Å². The SMILES string of the molecule is CC(C)CC1=Cc2ccccc2[CH]1[Ti+2]1([CH]2C(CC(C)C)=Cc3ccccc32)[CH]2CCCC[CH]21.[Cl-].[Cl-]. The summed E-state index contributed by atoms with van der Waals surface area (Å²) in [7, 11) is 0. The van der Waals surface area contributed by atoms with Crippen LogP contribution in [0.2, 0.25) is 8.45 Å². The average Bonchev–Trinajstić information content (AvgIpc) is 3.08. The van der Waals surface area contributed by atoms with Crippen LogP contribution in [0.3, 0.4) is 0 Å². The van der Waals surface area contributed by atoms with Crippen molar-refractivity contribution in [3.63, 3.8) is 0 Å². The molecule has 4 aliphatic rings. The third-order valence-electron chi connectivity index (χ3n) is 9.27. The largest absolute Gasteiger partial charge is 1.00 e. The summed E-state index contributed by atoms with van der Waals surface area (Å²) in [5, 5.41) is 0. The summed E-state index contributed by atoms with van der Waals surface area (Å²) in [4.78, 5) is 0. The summed E-state index contributed by atoms with van der Waals surface area (Å²) >= 11 is -2.40. The molecule has 0 radical (unpaired) electrons. The summed E-state index contributed by atoms with van der Waals surface area (Å²) in [5.41, 5.74) is 10.2. The van der Waals surface area contributed by atoms with Gasteiger partial charge in [-0.05, 0) is 0 Å². The number of halogens is 2. The van der Waals surface area contributed by atoms with Gasteiger partial charge >= 0.3 is 206 Å². The maximum atomic E-state index is 2.64. The summed E-state index contributed by atoms with van der Waals surface area (Å²) < 4.78 is 3.70. The summed E-state index contributed by atoms with van der Waals surface area (Å²) in [6.07, 6.45) is 13.8. The second kappa shape index (κ2) is 10.5. The van der Waals surface area contributed by atoms with E-state index in [-0.39, 0.29) is 24.8 Å². The van der Waals surface area contributed by atoms with Crippen LogP contribution in [-0.4, -0.2) is 0 Å². The predicted octanol–water partition coefficient (Wildman–Crippen LogP) is 3.68.